The van der Waals surface area contributed by atoms with Crippen LogP contribution in [0.15, 0.2) is 12.1 Å². The van der Waals surface area contributed by atoms with Gasteiger partial charge < -0.3 is 10.8 Å². The van der Waals surface area contributed by atoms with E-state index >= 15 is 0 Å². The molecule has 0 saturated carbocycles. The number of halogens is 2. The molecule has 0 saturated heterocycles. The van der Waals surface area contributed by atoms with Gasteiger partial charge in [-0.1, -0.05) is 0 Å². The van der Waals surface area contributed by atoms with Crippen LogP contribution >= 0.6 is 0 Å². The highest BCUT2D eigenvalue weighted by molar-refractivity contribution is 6.00. The van der Waals surface area contributed by atoms with Crippen LogP contribution in [-0.4, -0.2) is 16.9 Å². The van der Waals surface area contributed by atoms with Gasteiger partial charge in [-0.2, -0.15) is 0 Å². The molecule has 0 aliphatic carbocycles. The van der Waals surface area contributed by atoms with Crippen molar-refractivity contribution in [2.24, 2.45) is 5.73 Å². The lowest BCUT2D eigenvalue weighted by Crippen LogP contribution is -2.28. The van der Waals surface area contributed by atoms with E-state index in [0.717, 1.165) is 0 Å². The second-order valence-corrected chi connectivity index (χ2v) is 2.94. The molecule has 3 N–H and O–H groups in total. The minimum Gasteiger partial charge on any atom is -0.508 e. The molecular weight excluding hydrogens is 192 g/mol. The summed E-state index contributed by atoms with van der Waals surface area (Å²) in [5, 5.41) is 8.82. The lowest BCUT2D eigenvalue weighted by atomic mass is 10.0. The number of rotatable bonds is 2. The first-order chi connectivity index (χ1) is 6.43. The smallest absolute Gasteiger partial charge is 0.185 e. The third-order valence-electron chi connectivity index (χ3n) is 1.69. The van der Waals surface area contributed by atoms with E-state index < -0.39 is 34.8 Å². The highest BCUT2D eigenvalue weighted by Gasteiger charge is 2.21. The van der Waals surface area contributed by atoms with Crippen molar-refractivity contribution < 1.29 is 18.7 Å². The number of benzene rings is 1. The molecule has 1 atom stereocenters. The van der Waals surface area contributed by atoms with Crippen LogP contribution in [0.3, 0.4) is 0 Å². The van der Waals surface area contributed by atoms with E-state index in [1.165, 1.54) is 6.92 Å². The molecule has 1 rings (SSSR count). The van der Waals surface area contributed by atoms with Gasteiger partial charge >= 0.3 is 0 Å². The zero-order chi connectivity index (χ0) is 10.9. The number of ketones is 1. The van der Waals surface area contributed by atoms with Crippen LogP contribution in [0.2, 0.25) is 0 Å². The Bertz CT molecular complexity index is 354. The fraction of sp³-hybridized carbons (Fsp3) is 0.222. The maximum Gasteiger partial charge on any atom is 0.185 e. The summed E-state index contributed by atoms with van der Waals surface area (Å²) < 4.78 is 26.1. The SMILES string of the molecule is CC(N)C(=O)c1c(F)cc(O)cc1F. The van der Waals surface area contributed by atoms with Crippen molar-refractivity contribution >= 4 is 5.78 Å². The number of nitrogens with two attached hydrogens (primary N) is 1. The Morgan fingerprint density at radius 2 is 1.86 bits per heavy atom. The van der Waals surface area contributed by atoms with E-state index in [4.69, 9.17) is 10.8 Å². The number of carbonyl (C=O) groups is 1. The van der Waals surface area contributed by atoms with Crippen molar-refractivity contribution in [3.63, 3.8) is 0 Å². The Hall–Kier alpha value is -1.49. The molecular formula is C9H9F2NO2. The van der Waals surface area contributed by atoms with Gasteiger partial charge in [-0.25, -0.2) is 8.78 Å². The zero-order valence-electron chi connectivity index (χ0n) is 7.42. The van der Waals surface area contributed by atoms with Crippen LogP contribution in [0.5, 0.6) is 5.75 Å². The Balaban J connectivity index is 3.28. The number of aromatic hydroxyl groups is 1. The average Bonchev–Trinajstić information content (AvgIpc) is 2.01. The molecule has 5 heteroatoms. The summed E-state index contributed by atoms with van der Waals surface area (Å²) in [4.78, 5) is 11.2. The summed E-state index contributed by atoms with van der Waals surface area (Å²) in [5.74, 6) is -3.61. The van der Waals surface area contributed by atoms with Crippen molar-refractivity contribution in [3.05, 3.63) is 29.3 Å². The molecule has 0 heterocycles. The van der Waals surface area contributed by atoms with Gasteiger partial charge in [0.1, 0.15) is 17.4 Å². The minimum atomic E-state index is -1.11. The summed E-state index contributed by atoms with van der Waals surface area (Å²) in [7, 11) is 0. The number of carbonyl (C=O) groups excluding carboxylic acids is 1. The fourth-order valence-corrected chi connectivity index (χ4v) is 1.02. The molecule has 76 valence electrons. The van der Waals surface area contributed by atoms with Gasteiger partial charge in [0.2, 0.25) is 0 Å². The molecule has 0 aliphatic rings. The first-order valence-corrected chi connectivity index (χ1v) is 3.91. The maximum absolute atomic E-state index is 13.0. The van der Waals surface area contributed by atoms with Crippen molar-refractivity contribution in [2.75, 3.05) is 0 Å². The molecule has 1 aromatic rings. The van der Waals surface area contributed by atoms with Crippen molar-refractivity contribution in [1.82, 2.24) is 0 Å². The molecule has 1 aromatic carbocycles. The highest BCUT2D eigenvalue weighted by atomic mass is 19.1. The molecule has 3 nitrogen and oxygen atoms in total. The Morgan fingerprint density at radius 1 is 1.43 bits per heavy atom. The fourth-order valence-electron chi connectivity index (χ4n) is 1.02. The number of phenolic OH excluding ortho intramolecular Hbond substituents is 1. The van der Waals surface area contributed by atoms with Crippen LogP contribution in [0.1, 0.15) is 17.3 Å². The Kier molecular flexibility index (Phi) is 2.81. The van der Waals surface area contributed by atoms with E-state index in [2.05, 4.69) is 0 Å². The van der Waals surface area contributed by atoms with E-state index in [0.29, 0.717) is 12.1 Å². The standard InChI is InChI=1S/C9H9F2NO2/c1-4(12)9(14)8-6(10)2-5(13)3-7(8)11/h2-4,13H,12H2,1H3. The van der Waals surface area contributed by atoms with Gasteiger partial charge in [-0.05, 0) is 6.92 Å². The molecule has 14 heavy (non-hydrogen) atoms. The Labute approximate surface area is 79.2 Å². The number of hydrogen-bond acceptors (Lipinski definition) is 3. The van der Waals surface area contributed by atoms with Crippen molar-refractivity contribution in [1.29, 1.82) is 0 Å². The first-order valence-electron chi connectivity index (χ1n) is 3.91. The molecule has 0 aliphatic heterocycles. The largest absolute Gasteiger partial charge is 0.508 e. The number of hydrogen-bond donors (Lipinski definition) is 2. The Morgan fingerprint density at radius 3 is 2.21 bits per heavy atom. The second kappa shape index (κ2) is 3.71. The predicted octanol–water partition coefficient (Wildman–Crippen LogP) is 1.20. The summed E-state index contributed by atoms with van der Waals surface area (Å²) in [6.07, 6.45) is 0. The third-order valence-corrected chi connectivity index (χ3v) is 1.69. The molecule has 0 aromatic heterocycles. The summed E-state index contributed by atoms with van der Waals surface area (Å²) in [6, 6.07) is 0.348. The quantitative estimate of drug-likeness (QED) is 0.706. The van der Waals surface area contributed by atoms with E-state index in [1.54, 1.807) is 0 Å². The molecule has 0 amide bonds. The number of phenols is 1. The summed E-state index contributed by atoms with van der Waals surface area (Å²) in [6.45, 7) is 1.33. The monoisotopic (exact) mass is 201 g/mol. The summed E-state index contributed by atoms with van der Waals surface area (Å²) in [5.41, 5.74) is 4.49. The highest BCUT2D eigenvalue weighted by Crippen LogP contribution is 2.20. The van der Waals surface area contributed by atoms with Gasteiger partial charge in [-0.3, -0.25) is 4.79 Å². The third kappa shape index (κ3) is 1.88. The molecule has 0 spiro atoms. The van der Waals surface area contributed by atoms with Gasteiger partial charge in [-0.15, -0.1) is 0 Å². The lowest BCUT2D eigenvalue weighted by molar-refractivity contribution is 0.0959. The van der Waals surface area contributed by atoms with E-state index in [9.17, 15) is 13.6 Å². The van der Waals surface area contributed by atoms with Crippen LogP contribution < -0.4 is 5.73 Å². The second-order valence-electron chi connectivity index (χ2n) is 2.94. The van der Waals surface area contributed by atoms with Gasteiger partial charge in [0.05, 0.1) is 11.6 Å². The molecule has 0 bridgehead atoms. The zero-order valence-corrected chi connectivity index (χ0v) is 7.42. The lowest BCUT2D eigenvalue weighted by Gasteiger charge is -2.07. The van der Waals surface area contributed by atoms with Gasteiger partial charge in [0.15, 0.2) is 5.78 Å². The van der Waals surface area contributed by atoms with E-state index in [-0.39, 0.29) is 0 Å². The van der Waals surface area contributed by atoms with Gasteiger partial charge in [0.25, 0.3) is 0 Å². The average molecular weight is 201 g/mol. The molecule has 1 unspecified atom stereocenters. The van der Waals surface area contributed by atoms with Gasteiger partial charge in [0, 0.05) is 12.1 Å². The number of Topliss-reactive ketones (excluding diaryl/α,β-unsaturated/α-hetero) is 1. The predicted molar refractivity (Wildman–Crippen MR) is 46.0 cm³/mol. The normalized spacial score (nSPS) is 12.6. The van der Waals surface area contributed by atoms with Crippen LogP contribution in [-0.2, 0) is 0 Å². The van der Waals surface area contributed by atoms with Crippen LogP contribution in [0, 0.1) is 11.6 Å². The van der Waals surface area contributed by atoms with Crippen molar-refractivity contribution in [3.8, 4) is 5.75 Å². The van der Waals surface area contributed by atoms with Crippen LogP contribution in [0.25, 0.3) is 0 Å². The molecule has 0 radical (unpaired) electrons. The summed E-state index contributed by atoms with van der Waals surface area (Å²) >= 11 is 0. The maximum atomic E-state index is 13.0. The topological polar surface area (TPSA) is 63.3 Å². The van der Waals surface area contributed by atoms with Crippen molar-refractivity contribution in [2.45, 2.75) is 13.0 Å². The minimum absolute atomic E-state index is 0.568. The van der Waals surface area contributed by atoms with E-state index in [1.807, 2.05) is 0 Å². The molecule has 0 fully saturated rings. The first kappa shape index (κ1) is 10.6. The van der Waals surface area contributed by atoms with Crippen LogP contribution in [0.4, 0.5) is 8.78 Å².